The number of aliphatic hydroxyl groups excluding tert-OH is 2. The topological polar surface area (TPSA) is 40.5 Å². The molecule has 2 N–H and O–H groups in total. The van der Waals surface area contributed by atoms with Crippen LogP contribution in [-0.2, 0) is 19.5 Å². The fourth-order valence-electron chi connectivity index (χ4n) is 2.57. The van der Waals surface area contributed by atoms with E-state index >= 15 is 0 Å². The summed E-state index contributed by atoms with van der Waals surface area (Å²) in [6, 6.07) is 0. The molecule has 0 saturated heterocycles. The molecule has 0 heterocycles. The molecule has 2 rings (SSSR count). The predicted octanol–water partition coefficient (Wildman–Crippen LogP) is 7.70. The zero-order chi connectivity index (χ0) is 22.2. The molecule has 1 radical (unpaired) electrons. The first-order valence-electron chi connectivity index (χ1n) is 10.1. The van der Waals surface area contributed by atoms with Crippen LogP contribution in [0.25, 0.3) is 0 Å². The molecule has 2 aliphatic carbocycles. The fourth-order valence-corrected chi connectivity index (χ4v) is 2.57. The Morgan fingerprint density at radius 3 is 1.20 bits per heavy atom. The van der Waals surface area contributed by atoms with Gasteiger partial charge in [0.05, 0.1) is 0 Å². The molecule has 2 aliphatic rings. The predicted molar refractivity (Wildman–Crippen MR) is 103 cm³/mol. The van der Waals surface area contributed by atoms with Gasteiger partial charge in [0, 0.05) is 25.6 Å². The summed E-state index contributed by atoms with van der Waals surface area (Å²) in [4.78, 5) is 0. The van der Waals surface area contributed by atoms with E-state index in [4.69, 9.17) is 10.2 Å². The summed E-state index contributed by atoms with van der Waals surface area (Å²) >= 11 is 0. The second-order valence-electron chi connectivity index (χ2n) is 6.96. The fraction of sp³-hybridized carbons (Fsp3) is 0.714. The number of alkyl halides is 6. The number of hydrogen-bond acceptors (Lipinski definition) is 2. The van der Waals surface area contributed by atoms with Gasteiger partial charge >= 0.3 is 12.4 Å². The van der Waals surface area contributed by atoms with Gasteiger partial charge in [-0.3, -0.25) is 0 Å². The van der Waals surface area contributed by atoms with Crippen molar-refractivity contribution in [2.75, 3.05) is 0 Å². The Balaban J connectivity index is 0. The molecule has 0 aliphatic heterocycles. The number of allylic oxidation sites excluding steroid dienone is 5. The summed E-state index contributed by atoms with van der Waals surface area (Å²) in [7, 11) is 0. The number of aliphatic hydroxyl groups is 2. The Hall–Kier alpha value is -0.817. The van der Waals surface area contributed by atoms with Crippen LogP contribution >= 0.6 is 0 Å². The minimum absolute atomic E-state index is 0. The van der Waals surface area contributed by atoms with Gasteiger partial charge in [0.15, 0.2) is 11.9 Å². The Bertz CT molecular complexity index is 457. The molecule has 0 fully saturated rings. The summed E-state index contributed by atoms with van der Waals surface area (Å²) in [6.07, 6.45) is 11.4. The van der Waals surface area contributed by atoms with Crippen molar-refractivity contribution in [1.82, 2.24) is 0 Å². The Morgan fingerprint density at radius 2 is 0.967 bits per heavy atom. The van der Waals surface area contributed by atoms with E-state index in [-0.39, 0.29) is 19.5 Å². The third-order valence-corrected chi connectivity index (χ3v) is 4.26. The van der Waals surface area contributed by atoms with Gasteiger partial charge in [-0.2, -0.15) is 26.3 Å². The van der Waals surface area contributed by atoms with Crippen LogP contribution in [0.5, 0.6) is 0 Å². The summed E-state index contributed by atoms with van der Waals surface area (Å²) in [5, 5.41) is 16.1. The maximum absolute atomic E-state index is 11.4. The van der Waals surface area contributed by atoms with Gasteiger partial charge in [-0.05, 0) is 51.4 Å². The van der Waals surface area contributed by atoms with Gasteiger partial charge in [-0.1, -0.05) is 50.0 Å². The molecule has 0 aromatic rings. The van der Waals surface area contributed by atoms with Gasteiger partial charge < -0.3 is 10.2 Å². The standard InChI is InChI=1S/2C8H14.C5H4F6O2.Rh/c2*1-2-4-6-8-7-5-3-1;6-4(7,8)2(12)1-3(13)5(9,10)11;/h2*1-2H,3-8H2;1-2,12-13H;/b2*2-1-;3-1-;. The van der Waals surface area contributed by atoms with Gasteiger partial charge in [-0.15, -0.1) is 0 Å². The van der Waals surface area contributed by atoms with E-state index in [0.717, 1.165) is 0 Å². The van der Waals surface area contributed by atoms with Crippen molar-refractivity contribution in [3.63, 3.8) is 0 Å². The van der Waals surface area contributed by atoms with Crippen molar-refractivity contribution in [3.8, 4) is 0 Å². The molecular formula is C21H32F6O2Rh. The van der Waals surface area contributed by atoms with Crippen molar-refractivity contribution in [2.24, 2.45) is 0 Å². The molecule has 0 saturated carbocycles. The summed E-state index contributed by atoms with van der Waals surface area (Å²) in [6.45, 7) is 0. The first-order valence-corrected chi connectivity index (χ1v) is 10.1. The van der Waals surface area contributed by atoms with E-state index < -0.39 is 30.3 Å². The second kappa shape index (κ2) is 17.8. The third kappa shape index (κ3) is 19.2. The zero-order valence-corrected chi connectivity index (χ0v) is 18.6. The maximum Gasteiger partial charge on any atom is 0.448 e. The van der Waals surface area contributed by atoms with Crippen LogP contribution in [-0.4, -0.2) is 28.7 Å². The molecule has 0 spiro atoms. The van der Waals surface area contributed by atoms with E-state index in [9.17, 15) is 26.3 Å². The molecular weight excluding hydrogens is 501 g/mol. The van der Waals surface area contributed by atoms with Crippen LogP contribution in [0, 0.1) is 0 Å². The summed E-state index contributed by atoms with van der Waals surface area (Å²) in [5.41, 5.74) is 0. The Labute approximate surface area is 187 Å². The largest absolute Gasteiger partial charge is 0.504 e. The SMILES string of the molecule is C1=C\CCCCCC/1.C1=C\CCCCCC/1.O/C(=C\C(O)C(F)(F)F)C(F)(F)F.[Rh]. The molecule has 1 atom stereocenters. The van der Waals surface area contributed by atoms with Crippen LogP contribution in [0.1, 0.15) is 77.0 Å². The van der Waals surface area contributed by atoms with Crippen LogP contribution in [0.15, 0.2) is 36.1 Å². The Kier molecular flexibility index (Phi) is 18.6. The number of halogens is 6. The zero-order valence-electron chi connectivity index (χ0n) is 16.9. The smallest absolute Gasteiger partial charge is 0.448 e. The molecule has 0 bridgehead atoms. The molecule has 0 aromatic heterocycles. The van der Waals surface area contributed by atoms with Gasteiger partial charge in [0.2, 0.25) is 0 Å². The number of rotatable bonds is 1. The molecule has 0 amide bonds. The van der Waals surface area contributed by atoms with Crippen LogP contribution in [0.4, 0.5) is 26.3 Å². The first kappa shape index (κ1) is 31.4. The average molecular weight is 533 g/mol. The Morgan fingerprint density at radius 1 is 0.667 bits per heavy atom. The van der Waals surface area contributed by atoms with Gasteiger partial charge in [0.25, 0.3) is 0 Å². The monoisotopic (exact) mass is 533 g/mol. The van der Waals surface area contributed by atoms with E-state index in [0.29, 0.717) is 0 Å². The average Bonchev–Trinajstić information content (AvgIpc) is 2.52. The van der Waals surface area contributed by atoms with Gasteiger partial charge in [-0.25, -0.2) is 0 Å². The van der Waals surface area contributed by atoms with Crippen molar-refractivity contribution in [2.45, 2.75) is 95.5 Å². The summed E-state index contributed by atoms with van der Waals surface area (Å²) in [5.74, 6) is -2.47. The van der Waals surface area contributed by atoms with Crippen molar-refractivity contribution in [3.05, 3.63) is 36.1 Å². The molecule has 30 heavy (non-hydrogen) atoms. The van der Waals surface area contributed by atoms with E-state index in [1.54, 1.807) is 0 Å². The second-order valence-corrected chi connectivity index (χ2v) is 6.96. The minimum Gasteiger partial charge on any atom is -0.504 e. The molecule has 0 aromatic carbocycles. The van der Waals surface area contributed by atoms with Crippen LogP contribution < -0.4 is 0 Å². The molecule has 179 valence electrons. The molecule has 1 unspecified atom stereocenters. The number of hydrogen-bond donors (Lipinski definition) is 2. The third-order valence-electron chi connectivity index (χ3n) is 4.26. The van der Waals surface area contributed by atoms with Crippen molar-refractivity contribution < 1.29 is 56.0 Å². The van der Waals surface area contributed by atoms with Gasteiger partial charge in [0.1, 0.15) is 0 Å². The maximum atomic E-state index is 11.4. The van der Waals surface area contributed by atoms with Crippen LogP contribution in [0.2, 0.25) is 0 Å². The van der Waals surface area contributed by atoms with E-state index in [1.165, 1.54) is 77.0 Å². The van der Waals surface area contributed by atoms with Crippen molar-refractivity contribution in [1.29, 1.82) is 0 Å². The molecule has 9 heteroatoms. The molecule has 2 nitrogen and oxygen atoms in total. The normalized spacial score (nSPS) is 21.4. The first-order chi connectivity index (χ1) is 13.5. The minimum atomic E-state index is -5.29. The van der Waals surface area contributed by atoms with Crippen molar-refractivity contribution >= 4 is 0 Å². The van der Waals surface area contributed by atoms with Crippen LogP contribution in [0.3, 0.4) is 0 Å². The van der Waals surface area contributed by atoms with E-state index in [2.05, 4.69) is 24.3 Å². The summed E-state index contributed by atoms with van der Waals surface area (Å²) < 4.78 is 68.5. The quantitative estimate of drug-likeness (QED) is 0.157. The van der Waals surface area contributed by atoms with E-state index in [1.807, 2.05) is 0 Å².